The molecule has 1 aromatic heterocycles. The summed E-state index contributed by atoms with van der Waals surface area (Å²) in [6, 6.07) is 11.6. The molecule has 0 aliphatic carbocycles. The van der Waals surface area contributed by atoms with Gasteiger partial charge in [0.05, 0.1) is 13.2 Å². The molecule has 0 saturated heterocycles. The first-order valence-corrected chi connectivity index (χ1v) is 6.63. The maximum Gasteiger partial charge on any atom is 0.373 e. The summed E-state index contributed by atoms with van der Waals surface area (Å²) < 4.78 is 10.3. The van der Waals surface area contributed by atoms with Crippen LogP contribution in [0.3, 0.4) is 0 Å². The van der Waals surface area contributed by atoms with Crippen molar-refractivity contribution in [3.63, 3.8) is 0 Å². The molecule has 0 aliphatic rings. The minimum atomic E-state index is -0.462. The molecule has 2 rings (SSSR count). The summed E-state index contributed by atoms with van der Waals surface area (Å²) in [6.45, 7) is 4.88. The van der Waals surface area contributed by atoms with E-state index in [1.165, 1.54) is 12.7 Å². The number of benzene rings is 1. The lowest BCUT2D eigenvalue weighted by Crippen LogP contribution is -2.21. The van der Waals surface area contributed by atoms with Crippen molar-refractivity contribution in [2.24, 2.45) is 0 Å². The first-order chi connectivity index (χ1) is 9.65. The molecule has 0 bridgehead atoms. The fourth-order valence-corrected chi connectivity index (χ4v) is 2.15. The van der Waals surface area contributed by atoms with Crippen LogP contribution in [-0.4, -0.2) is 19.6 Å². The SMILES string of the molecule is CCNC(c1cccc(C)c1)c1ccc(C(=O)OC)o1. The molecule has 4 nitrogen and oxygen atoms in total. The van der Waals surface area contributed by atoms with E-state index in [4.69, 9.17) is 4.42 Å². The van der Waals surface area contributed by atoms with E-state index >= 15 is 0 Å². The average molecular weight is 273 g/mol. The van der Waals surface area contributed by atoms with Gasteiger partial charge in [-0.2, -0.15) is 0 Å². The number of carbonyl (C=O) groups excluding carboxylic acids is 1. The topological polar surface area (TPSA) is 51.5 Å². The van der Waals surface area contributed by atoms with Crippen molar-refractivity contribution < 1.29 is 13.9 Å². The van der Waals surface area contributed by atoms with Crippen LogP contribution in [0.5, 0.6) is 0 Å². The molecule has 1 N–H and O–H groups in total. The van der Waals surface area contributed by atoms with Gasteiger partial charge >= 0.3 is 5.97 Å². The van der Waals surface area contributed by atoms with Gasteiger partial charge in [-0.3, -0.25) is 0 Å². The van der Waals surface area contributed by atoms with Crippen LogP contribution >= 0.6 is 0 Å². The summed E-state index contributed by atoms with van der Waals surface area (Å²) in [5.41, 5.74) is 2.29. The lowest BCUT2D eigenvalue weighted by Gasteiger charge is -2.16. The average Bonchev–Trinajstić information content (AvgIpc) is 2.93. The largest absolute Gasteiger partial charge is 0.463 e. The predicted octanol–water partition coefficient (Wildman–Crippen LogP) is 3.07. The van der Waals surface area contributed by atoms with Gasteiger partial charge in [-0.25, -0.2) is 4.79 Å². The zero-order valence-electron chi connectivity index (χ0n) is 12.0. The Balaban J connectivity index is 2.33. The summed E-state index contributed by atoms with van der Waals surface area (Å²) in [5.74, 6) is 0.464. The van der Waals surface area contributed by atoms with Crippen LogP contribution in [0.2, 0.25) is 0 Å². The number of esters is 1. The highest BCUT2D eigenvalue weighted by Crippen LogP contribution is 2.25. The maximum atomic E-state index is 11.5. The second-order valence-corrected chi connectivity index (χ2v) is 4.60. The minimum absolute atomic E-state index is 0.0710. The summed E-state index contributed by atoms with van der Waals surface area (Å²) in [7, 11) is 1.34. The molecular formula is C16H19NO3. The van der Waals surface area contributed by atoms with Crippen LogP contribution in [-0.2, 0) is 4.74 Å². The standard InChI is InChI=1S/C16H19NO3/c1-4-17-15(12-7-5-6-11(2)10-12)13-8-9-14(20-13)16(18)19-3/h5-10,15,17H,4H2,1-3H3. The molecule has 1 heterocycles. The molecule has 106 valence electrons. The molecule has 0 spiro atoms. The Morgan fingerprint density at radius 3 is 2.80 bits per heavy atom. The van der Waals surface area contributed by atoms with Gasteiger partial charge < -0.3 is 14.5 Å². The molecule has 0 radical (unpaired) electrons. The number of nitrogens with one attached hydrogen (secondary N) is 1. The van der Waals surface area contributed by atoms with Gasteiger partial charge in [-0.15, -0.1) is 0 Å². The lowest BCUT2D eigenvalue weighted by molar-refractivity contribution is 0.0562. The Labute approximate surface area is 118 Å². The van der Waals surface area contributed by atoms with E-state index in [0.29, 0.717) is 5.76 Å². The molecular weight excluding hydrogens is 254 g/mol. The zero-order valence-corrected chi connectivity index (χ0v) is 12.0. The fraction of sp³-hybridized carbons (Fsp3) is 0.312. The van der Waals surface area contributed by atoms with Crippen LogP contribution < -0.4 is 5.32 Å². The smallest absolute Gasteiger partial charge is 0.373 e. The quantitative estimate of drug-likeness (QED) is 0.851. The van der Waals surface area contributed by atoms with E-state index in [9.17, 15) is 4.79 Å². The Hall–Kier alpha value is -2.07. The number of ether oxygens (including phenoxy) is 1. The van der Waals surface area contributed by atoms with Crippen LogP contribution in [0.1, 0.15) is 40.4 Å². The van der Waals surface area contributed by atoms with Gasteiger partial charge in [0.15, 0.2) is 0 Å². The van der Waals surface area contributed by atoms with Crippen LogP contribution in [0.4, 0.5) is 0 Å². The van der Waals surface area contributed by atoms with E-state index in [1.54, 1.807) is 6.07 Å². The van der Waals surface area contributed by atoms with Gasteiger partial charge in [0.1, 0.15) is 5.76 Å². The summed E-state index contributed by atoms with van der Waals surface area (Å²) in [4.78, 5) is 11.5. The molecule has 1 unspecified atom stereocenters. The maximum absolute atomic E-state index is 11.5. The van der Waals surface area contributed by atoms with Crippen molar-refractivity contribution in [3.8, 4) is 0 Å². The van der Waals surface area contributed by atoms with Crippen molar-refractivity contribution in [2.75, 3.05) is 13.7 Å². The lowest BCUT2D eigenvalue weighted by atomic mass is 10.0. The Morgan fingerprint density at radius 1 is 1.35 bits per heavy atom. The van der Waals surface area contributed by atoms with Crippen molar-refractivity contribution >= 4 is 5.97 Å². The highest BCUT2D eigenvalue weighted by molar-refractivity contribution is 5.86. The first-order valence-electron chi connectivity index (χ1n) is 6.63. The number of hydrogen-bond donors (Lipinski definition) is 1. The number of methoxy groups -OCH3 is 1. The van der Waals surface area contributed by atoms with E-state index in [1.807, 2.05) is 25.1 Å². The van der Waals surface area contributed by atoms with Crippen LogP contribution in [0.15, 0.2) is 40.8 Å². The van der Waals surface area contributed by atoms with Crippen LogP contribution in [0.25, 0.3) is 0 Å². The number of hydrogen-bond acceptors (Lipinski definition) is 4. The van der Waals surface area contributed by atoms with Gasteiger partial charge in [0, 0.05) is 0 Å². The summed E-state index contributed by atoms with van der Waals surface area (Å²) >= 11 is 0. The Morgan fingerprint density at radius 2 is 2.15 bits per heavy atom. The zero-order chi connectivity index (χ0) is 14.5. The van der Waals surface area contributed by atoms with Crippen molar-refractivity contribution in [3.05, 3.63) is 59.0 Å². The third-order valence-electron chi connectivity index (χ3n) is 3.08. The predicted molar refractivity (Wildman–Crippen MR) is 76.7 cm³/mol. The molecule has 1 atom stereocenters. The van der Waals surface area contributed by atoms with E-state index in [0.717, 1.165) is 12.1 Å². The molecule has 1 aromatic carbocycles. The first kappa shape index (κ1) is 14.3. The molecule has 0 aliphatic heterocycles. The molecule has 0 amide bonds. The molecule has 4 heteroatoms. The van der Waals surface area contributed by atoms with Gasteiger partial charge in [0.25, 0.3) is 0 Å². The highest BCUT2D eigenvalue weighted by Gasteiger charge is 2.19. The molecule has 0 fully saturated rings. The molecule has 20 heavy (non-hydrogen) atoms. The third kappa shape index (κ3) is 3.08. The third-order valence-corrected chi connectivity index (χ3v) is 3.08. The Kier molecular flexibility index (Phi) is 4.58. The number of aryl methyl sites for hydroxylation is 1. The number of furan rings is 1. The summed E-state index contributed by atoms with van der Waals surface area (Å²) in [6.07, 6.45) is 0. The fourth-order valence-electron chi connectivity index (χ4n) is 2.15. The van der Waals surface area contributed by atoms with Gasteiger partial charge in [-0.1, -0.05) is 36.8 Å². The Bertz CT molecular complexity index is 589. The molecule has 2 aromatic rings. The van der Waals surface area contributed by atoms with Crippen molar-refractivity contribution in [1.29, 1.82) is 0 Å². The molecule has 0 saturated carbocycles. The second-order valence-electron chi connectivity index (χ2n) is 4.60. The normalized spacial score (nSPS) is 12.2. The minimum Gasteiger partial charge on any atom is -0.463 e. The van der Waals surface area contributed by atoms with Gasteiger partial charge in [0.2, 0.25) is 5.76 Å². The van der Waals surface area contributed by atoms with Crippen molar-refractivity contribution in [2.45, 2.75) is 19.9 Å². The second kappa shape index (κ2) is 6.39. The highest BCUT2D eigenvalue weighted by atomic mass is 16.5. The number of rotatable bonds is 5. The van der Waals surface area contributed by atoms with Gasteiger partial charge in [-0.05, 0) is 31.2 Å². The van der Waals surface area contributed by atoms with E-state index in [2.05, 4.69) is 29.1 Å². The van der Waals surface area contributed by atoms with E-state index in [-0.39, 0.29) is 11.8 Å². The monoisotopic (exact) mass is 273 g/mol. The summed E-state index contributed by atoms with van der Waals surface area (Å²) in [5, 5.41) is 3.37. The van der Waals surface area contributed by atoms with E-state index < -0.39 is 5.97 Å². The van der Waals surface area contributed by atoms with Crippen LogP contribution in [0, 0.1) is 6.92 Å². The van der Waals surface area contributed by atoms with Crippen molar-refractivity contribution in [1.82, 2.24) is 5.32 Å². The number of carbonyl (C=O) groups is 1.